The highest BCUT2D eigenvalue weighted by atomic mass is 35.5. The summed E-state index contributed by atoms with van der Waals surface area (Å²) >= 11 is 7.32. The molecule has 0 bridgehead atoms. The van der Waals surface area contributed by atoms with E-state index in [1.165, 1.54) is 11.8 Å². The van der Waals surface area contributed by atoms with Crippen molar-refractivity contribution in [3.05, 3.63) is 35.1 Å². The molecule has 2 aromatic rings. The standard InChI is InChI=1S/C11H7ClN4S/c1-17-11-15-9(7(6-13)10(12)16-11)8-4-2-3-5-14-8/h2-5H,1H3. The molecule has 0 saturated heterocycles. The summed E-state index contributed by atoms with van der Waals surface area (Å²) in [6.45, 7) is 0. The van der Waals surface area contributed by atoms with E-state index in [0.717, 1.165) is 0 Å². The minimum Gasteiger partial charge on any atom is -0.255 e. The summed E-state index contributed by atoms with van der Waals surface area (Å²) in [7, 11) is 0. The van der Waals surface area contributed by atoms with Gasteiger partial charge in [-0.15, -0.1) is 0 Å². The zero-order valence-corrected chi connectivity index (χ0v) is 10.5. The summed E-state index contributed by atoms with van der Waals surface area (Å²) in [4.78, 5) is 12.5. The maximum atomic E-state index is 9.08. The summed E-state index contributed by atoms with van der Waals surface area (Å²) in [5.74, 6) is 0. The zero-order chi connectivity index (χ0) is 12.3. The molecule has 0 aliphatic rings. The number of rotatable bonds is 2. The predicted molar refractivity (Wildman–Crippen MR) is 66.8 cm³/mol. The Labute approximate surface area is 108 Å². The van der Waals surface area contributed by atoms with E-state index >= 15 is 0 Å². The Hall–Kier alpha value is -1.64. The second kappa shape index (κ2) is 5.13. The highest BCUT2D eigenvalue weighted by Crippen LogP contribution is 2.26. The lowest BCUT2D eigenvalue weighted by Gasteiger charge is -2.05. The molecule has 0 spiro atoms. The van der Waals surface area contributed by atoms with Crippen LogP contribution in [0.4, 0.5) is 0 Å². The normalized spacial score (nSPS) is 9.94. The van der Waals surface area contributed by atoms with Crippen LogP contribution in [0.2, 0.25) is 5.15 Å². The van der Waals surface area contributed by atoms with Crippen LogP contribution in [0, 0.1) is 11.3 Å². The van der Waals surface area contributed by atoms with Crippen LogP contribution in [0.15, 0.2) is 29.6 Å². The summed E-state index contributed by atoms with van der Waals surface area (Å²) in [5, 5.41) is 9.76. The van der Waals surface area contributed by atoms with Gasteiger partial charge in [0.15, 0.2) is 10.3 Å². The molecule has 0 aliphatic heterocycles. The van der Waals surface area contributed by atoms with Crippen LogP contribution in [-0.4, -0.2) is 21.2 Å². The second-order valence-corrected chi connectivity index (χ2v) is 4.18. The van der Waals surface area contributed by atoms with Crippen molar-refractivity contribution < 1.29 is 0 Å². The largest absolute Gasteiger partial charge is 0.255 e. The quantitative estimate of drug-likeness (QED) is 0.473. The molecule has 0 radical (unpaired) electrons. The monoisotopic (exact) mass is 262 g/mol. The van der Waals surface area contributed by atoms with Crippen molar-refractivity contribution in [3.63, 3.8) is 0 Å². The molecule has 0 atom stereocenters. The van der Waals surface area contributed by atoms with Crippen LogP contribution in [0.3, 0.4) is 0 Å². The van der Waals surface area contributed by atoms with Crippen LogP contribution >= 0.6 is 23.4 Å². The average molecular weight is 263 g/mol. The first-order valence-electron chi connectivity index (χ1n) is 4.69. The maximum Gasteiger partial charge on any atom is 0.189 e. The van der Waals surface area contributed by atoms with Gasteiger partial charge >= 0.3 is 0 Å². The lowest BCUT2D eigenvalue weighted by Crippen LogP contribution is -1.97. The smallest absolute Gasteiger partial charge is 0.189 e. The van der Waals surface area contributed by atoms with Gasteiger partial charge in [0.05, 0.1) is 5.69 Å². The number of pyridine rings is 1. The number of aromatic nitrogens is 3. The Morgan fingerprint density at radius 2 is 2.18 bits per heavy atom. The molecule has 2 aromatic heterocycles. The molecule has 2 heterocycles. The molecule has 6 heteroatoms. The first-order valence-corrected chi connectivity index (χ1v) is 6.29. The molecular weight excluding hydrogens is 256 g/mol. The van der Waals surface area contributed by atoms with Gasteiger partial charge in [-0.1, -0.05) is 29.4 Å². The Balaban J connectivity index is 2.68. The van der Waals surface area contributed by atoms with E-state index in [1.54, 1.807) is 18.3 Å². The van der Waals surface area contributed by atoms with Gasteiger partial charge in [-0.25, -0.2) is 9.97 Å². The van der Waals surface area contributed by atoms with Gasteiger partial charge in [-0.3, -0.25) is 4.98 Å². The second-order valence-electron chi connectivity index (χ2n) is 3.05. The number of thioether (sulfide) groups is 1. The van der Waals surface area contributed by atoms with Crippen molar-refractivity contribution in [1.82, 2.24) is 15.0 Å². The molecule has 0 aromatic carbocycles. The minimum atomic E-state index is 0.160. The van der Waals surface area contributed by atoms with Crippen molar-refractivity contribution in [2.75, 3.05) is 6.26 Å². The molecule has 84 valence electrons. The van der Waals surface area contributed by atoms with Crippen molar-refractivity contribution >= 4 is 23.4 Å². The molecular formula is C11H7ClN4S. The number of hydrogen-bond acceptors (Lipinski definition) is 5. The molecule has 0 unspecified atom stereocenters. The highest BCUT2D eigenvalue weighted by Gasteiger charge is 2.14. The van der Waals surface area contributed by atoms with Crippen molar-refractivity contribution in [3.8, 4) is 17.5 Å². The first kappa shape index (κ1) is 11.8. The van der Waals surface area contributed by atoms with Crippen LogP contribution < -0.4 is 0 Å². The number of nitriles is 1. The molecule has 0 amide bonds. The fourth-order valence-electron chi connectivity index (χ4n) is 1.29. The van der Waals surface area contributed by atoms with Crippen LogP contribution in [-0.2, 0) is 0 Å². The number of hydrogen-bond donors (Lipinski definition) is 0. The summed E-state index contributed by atoms with van der Waals surface area (Å²) in [6, 6.07) is 7.42. The van der Waals surface area contributed by atoms with Gasteiger partial charge in [-0.05, 0) is 18.4 Å². The van der Waals surface area contributed by atoms with Gasteiger partial charge < -0.3 is 0 Å². The Kier molecular flexibility index (Phi) is 3.57. The first-order chi connectivity index (χ1) is 8.26. The van der Waals surface area contributed by atoms with E-state index in [4.69, 9.17) is 16.9 Å². The van der Waals surface area contributed by atoms with Crippen molar-refractivity contribution in [2.24, 2.45) is 0 Å². The molecule has 0 aliphatic carbocycles. The van der Waals surface area contributed by atoms with E-state index in [2.05, 4.69) is 15.0 Å². The third kappa shape index (κ3) is 2.38. The lowest BCUT2D eigenvalue weighted by molar-refractivity contribution is 0.965. The van der Waals surface area contributed by atoms with E-state index < -0.39 is 0 Å². The Morgan fingerprint density at radius 3 is 2.76 bits per heavy atom. The molecule has 0 saturated carbocycles. The van der Waals surface area contributed by atoms with Gasteiger partial charge in [0.2, 0.25) is 0 Å². The number of halogens is 1. The van der Waals surface area contributed by atoms with Gasteiger partial charge in [-0.2, -0.15) is 5.26 Å². The maximum absolute atomic E-state index is 9.08. The minimum absolute atomic E-state index is 0.160. The summed E-state index contributed by atoms with van der Waals surface area (Å²) < 4.78 is 0. The van der Waals surface area contributed by atoms with Gasteiger partial charge in [0.25, 0.3) is 0 Å². The third-order valence-corrected chi connectivity index (χ3v) is 2.87. The highest BCUT2D eigenvalue weighted by molar-refractivity contribution is 7.98. The predicted octanol–water partition coefficient (Wildman–Crippen LogP) is 2.79. The topological polar surface area (TPSA) is 62.5 Å². The van der Waals surface area contributed by atoms with E-state index in [0.29, 0.717) is 16.5 Å². The molecule has 2 rings (SSSR count). The van der Waals surface area contributed by atoms with Gasteiger partial charge in [0, 0.05) is 6.20 Å². The van der Waals surface area contributed by atoms with Crippen LogP contribution in [0.1, 0.15) is 5.56 Å². The Morgan fingerprint density at radius 1 is 1.35 bits per heavy atom. The van der Waals surface area contributed by atoms with E-state index in [-0.39, 0.29) is 10.7 Å². The molecule has 17 heavy (non-hydrogen) atoms. The SMILES string of the molecule is CSc1nc(Cl)c(C#N)c(-c2ccccn2)n1. The fraction of sp³-hybridized carbons (Fsp3) is 0.0909. The zero-order valence-electron chi connectivity index (χ0n) is 8.88. The van der Waals surface area contributed by atoms with E-state index in [9.17, 15) is 0 Å². The van der Waals surface area contributed by atoms with Crippen LogP contribution in [0.25, 0.3) is 11.4 Å². The summed E-state index contributed by atoms with van der Waals surface area (Å²) in [5.41, 5.74) is 1.34. The number of nitrogens with zero attached hydrogens (tertiary/aromatic N) is 4. The van der Waals surface area contributed by atoms with Crippen molar-refractivity contribution in [2.45, 2.75) is 5.16 Å². The molecule has 0 N–H and O–H groups in total. The molecule has 0 fully saturated rings. The lowest BCUT2D eigenvalue weighted by atomic mass is 10.2. The summed E-state index contributed by atoms with van der Waals surface area (Å²) in [6.07, 6.45) is 3.49. The molecule has 4 nitrogen and oxygen atoms in total. The average Bonchev–Trinajstić information content (AvgIpc) is 2.38. The van der Waals surface area contributed by atoms with E-state index in [1.807, 2.05) is 18.4 Å². The third-order valence-electron chi connectivity index (χ3n) is 2.05. The van der Waals surface area contributed by atoms with Crippen LogP contribution in [0.5, 0.6) is 0 Å². The Bertz CT molecular complexity index is 580. The fourth-order valence-corrected chi connectivity index (χ4v) is 1.92. The van der Waals surface area contributed by atoms with Gasteiger partial charge in [0.1, 0.15) is 17.3 Å². The van der Waals surface area contributed by atoms with Crippen molar-refractivity contribution in [1.29, 1.82) is 5.26 Å².